The van der Waals surface area contributed by atoms with Gasteiger partial charge in [0.2, 0.25) is 5.91 Å². The Morgan fingerprint density at radius 2 is 2.05 bits per heavy atom. The fourth-order valence-electron chi connectivity index (χ4n) is 1.72. The summed E-state index contributed by atoms with van der Waals surface area (Å²) < 4.78 is 2.55. The molecule has 0 saturated carbocycles. The molecule has 0 radical (unpaired) electrons. The number of hydrogen-bond donors (Lipinski definition) is 1. The average Bonchev–Trinajstić information content (AvgIpc) is 2.48. The average molecular weight is 289 g/mol. The van der Waals surface area contributed by atoms with Crippen LogP contribution in [0.15, 0.2) is 46.5 Å². The van der Waals surface area contributed by atoms with Crippen LogP contribution in [0.3, 0.4) is 0 Å². The van der Waals surface area contributed by atoms with Crippen LogP contribution in [0, 0.1) is 0 Å². The summed E-state index contributed by atoms with van der Waals surface area (Å²) in [4.78, 5) is 38.2. The predicted octanol–water partition coefficient (Wildman–Crippen LogP) is -0.993. The minimum atomic E-state index is -0.279. The standard InChI is InChI=1S/C13H15N5O3/c19-11(9-17-10-14-7-4-12(17)20)15-5-2-8-18-13(21)3-1-6-16-18/h1,3-4,6-7,10H,2,5,8-9H2,(H,15,19). The smallest absolute Gasteiger partial charge is 0.266 e. The highest BCUT2D eigenvalue weighted by molar-refractivity contribution is 5.75. The van der Waals surface area contributed by atoms with E-state index in [1.807, 2.05) is 0 Å². The molecule has 0 aliphatic heterocycles. The minimum Gasteiger partial charge on any atom is -0.354 e. The third-order valence-electron chi connectivity index (χ3n) is 2.76. The summed E-state index contributed by atoms with van der Waals surface area (Å²) >= 11 is 0. The van der Waals surface area contributed by atoms with Gasteiger partial charge in [-0.25, -0.2) is 9.67 Å². The van der Waals surface area contributed by atoms with Crippen LogP contribution in [-0.4, -0.2) is 31.8 Å². The van der Waals surface area contributed by atoms with Gasteiger partial charge in [0.1, 0.15) is 6.54 Å². The molecule has 0 aliphatic carbocycles. The molecule has 0 bridgehead atoms. The molecule has 0 unspecified atom stereocenters. The monoisotopic (exact) mass is 289 g/mol. The molecule has 2 rings (SSSR count). The number of aromatic nitrogens is 4. The van der Waals surface area contributed by atoms with Crippen LogP contribution in [0.1, 0.15) is 6.42 Å². The summed E-state index contributed by atoms with van der Waals surface area (Å²) in [6.07, 6.45) is 4.80. The second-order valence-electron chi connectivity index (χ2n) is 4.33. The van der Waals surface area contributed by atoms with Gasteiger partial charge in [-0.15, -0.1) is 0 Å². The van der Waals surface area contributed by atoms with E-state index in [4.69, 9.17) is 0 Å². The Kier molecular flexibility index (Phi) is 4.97. The number of nitrogens with one attached hydrogen (secondary N) is 1. The molecule has 0 spiro atoms. The van der Waals surface area contributed by atoms with E-state index in [0.29, 0.717) is 19.5 Å². The Morgan fingerprint density at radius 3 is 2.81 bits per heavy atom. The summed E-state index contributed by atoms with van der Waals surface area (Å²) in [6.45, 7) is 0.750. The van der Waals surface area contributed by atoms with Crippen molar-refractivity contribution in [2.24, 2.45) is 0 Å². The molecule has 0 fully saturated rings. The van der Waals surface area contributed by atoms with Gasteiger partial charge in [0, 0.05) is 37.6 Å². The minimum absolute atomic E-state index is 0.0732. The molecule has 0 atom stereocenters. The Labute approximate surface area is 120 Å². The Morgan fingerprint density at radius 1 is 1.19 bits per heavy atom. The Balaban J connectivity index is 1.75. The molecule has 21 heavy (non-hydrogen) atoms. The maximum Gasteiger partial charge on any atom is 0.266 e. The first kappa shape index (κ1) is 14.6. The number of amides is 1. The summed E-state index contributed by atoms with van der Waals surface area (Å²) in [5.74, 6) is -0.279. The van der Waals surface area contributed by atoms with Crippen LogP contribution < -0.4 is 16.4 Å². The summed E-state index contributed by atoms with van der Waals surface area (Å²) in [6, 6.07) is 4.30. The van der Waals surface area contributed by atoms with E-state index >= 15 is 0 Å². The van der Waals surface area contributed by atoms with Gasteiger partial charge in [0.15, 0.2) is 0 Å². The zero-order valence-corrected chi connectivity index (χ0v) is 11.3. The van der Waals surface area contributed by atoms with Crippen molar-refractivity contribution >= 4 is 5.91 Å². The van der Waals surface area contributed by atoms with E-state index in [1.165, 1.54) is 40.1 Å². The van der Waals surface area contributed by atoms with Crippen molar-refractivity contribution < 1.29 is 4.79 Å². The first-order chi connectivity index (χ1) is 10.2. The zero-order valence-electron chi connectivity index (χ0n) is 11.3. The van der Waals surface area contributed by atoms with Crippen LogP contribution in [-0.2, 0) is 17.9 Å². The molecule has 1 amide bonds. The van der Waals surface area contributed by atoms with Crippen molar-refractivity contribution in [3.63, 3.8) is 0 Å². The highest BCUT2D eigenvalue weighted by Crippen LogP contribution is 1.84. The van der Waals surface area contributed by atoms with Crippen LogP contribution in [0.5, 0.6) is 0 Å². The number of carbonyl (C=O) groups excluding carboxylic acids is 1. The van der Waals surface area contributed by atoms with Crippen molar-refractivity contribution in [3.05, 3.63) is 57.6 Å². The van der Waals surface area contributed by atoms with E-state index in [0.717, 1.165) is 0 Å². The quantitative estimate of drug-likeness (QED) is 0.688. The van der Waals surface area contributed by atoms with Gasteiger partial charge in [-0.2, -0.15) is 5.10 Å². The Bertz CT molecular complexity index is 722. The van der Waals surface area contributed by atoms with Gasteiger partial charge in [0.25, 0.3) is 11.1 Å². The lowest BCUT2D eigenvalue weighted by Crippen LogP contribution is -2.33. The van der Waals surface area contributed by atoms with Crippen molar-refractivity contribution in [1.29, 1.82) is 0 Å². The number of hydrogen-bond acceptors (Lipinski definition) is 5. The van der Waals surface area contributed by atoms with Crippen LogP contribution in [0.25, 0.3) is 0 Å². The van der Waals surface area contributed by atoms with E-state index < -0.39 is 0 Å². The zero-order chi connectivity index (χ0) is 15.1. The molecule has 8 nitrogen and oxygen atoms in total. The molecule has 0 saturated heterocycles. The second-order valence-corrected chi connectivity index (χ2v) is 4.33. The van der Waals surface area contributed by atoms with Gasteiger partial charge in [-0.3, -0.25) is 19.0 Å². The van der Waals surface area contributed by atoms with Crippen molar-refractivity contribution in [2.45, 2.75) is 19.5 Å². The van der Waals surface area contributed by atoms with Crippen LogP contribution >= 0.6 is 0 Å². The SMILES string of the molecule is O=C(Cn1cnccc1=O)NCCCn1ncccc1=O. The van der Waals surface area contributed by atoms with Crippen molar-refractivity contribution in [2.75, 3.05) is 6.54 Å². The number of carbonyl (C=O) groups is 1. The van der Waals surface area contributed by atoms with E-state index in [9.17, 15) is 14.4 Å². The topological polar surface area (TPSA) is 98.9 Å². The molecule has 8 heteroatoms. The maximum absolute atomic E-state index is 11.7. The van der Waals surface area contributed by atoms with E-state index in [2.05, 4.69) is 15.4 Å². The molecule has 2 aromatic heterocycles. The molecule has 2 aromatic rings. The van der Waals surface area contributed by atoms with Gasteiger partial charge in [-0.1, -0.05) is 0 Å². The largest absolute Gasteiger partial charge is 0.354 e. The van der Waals surface area contributed by atoms with Gasteiger partial charge in [-0.05, 0) is 12.5 Å². The highest BCUT2D eigenvalue weighted by Gasteiger charge is 2.03. The van der Waals surface area contributed by atoms with Crippen molar-refractivity contribution in [3.8, 4) is 0 Å². The van der Waals surface area contributed by atoms with E-state index in [-0.39, 0.29) is 23.6 Å². The molecular weight excluding hydrogens is 274 g/mol. The Hall–Kier alpha value is -2.77. The first-order valence-corrected chi connectivity index (χ1v) is 6.46. The normalized spacial score (nSPS) is 10.3. The van der Waals surface area contributed by atoms with Crippen molar-refractivity contribution in [1.82, 2.24) is 24.6 Å². The summed E-state index contributed by atoms with van der Waals surface area (Å²) in [7, 11) is 0. The highest BCUT2D eigenvalue weighted by atomic mass is 16.2. The third-order valence-corrected chi connectivity index (χ3v) is 2.76. The fourth-order valence-corrected chi connectivity index (χ4v) is 1.72. The van der Waals surface area contributed by atoms with Crippen LogP contribution in [0.2, 0.25) is 0 Å². The molecule has 110 valence electrons. The number of nitrogens with zero attached hydrogens (tertiary/aromatic N) is 4. The number of rotatable bonds is 6. The van der Waals surface area contributed by atoms with Gasteiger partial charge >= 0.3 is 0 Å². The predicted molar refractivity (Wildman–Crippen MR) is 74.6 cm³/mol. The molecular formula is C13H15N5O3. The van der Waals surface area contributed by atoms with Crippen LogP contribution in [0.4, 0.5) is 0 Å². The lowest BCUT2D eigenvalue weighted by Gasteiger charge is -2.07. The first-order valence-electron chi connectivity index (χ1n) is 6.46. The van der Waals surface area contributed by atoms with E-state index in [1.54, 1.807) is 6.07 Å². The molecule has 1 N–H and O–H groups in total. The number of aryl methyl sites for hydroxylation is 1. The fraction of sp³-hybridized carbons (Fsp3) is 0.308. The van der Waals surface area contributed by atoms with Gasteiger partial charge < -0.3 is 5.32 Å². The molecule has 0 aliphatic rings. The lowest BCUT2D eigenvalue weighted by atomic mass is 10.4. The molecule has 2 heterocycles. The summed E-state index contributed by atoms with van der Waals surface area (Å²) in [5.41, 5.74) is -0.453. The maximum atomic E-state index is 11.7. The third kappa shape index (κ3) is 4.37. The lowest BCUT2D eigenvalue weighted by molar-refractivity contribution is -0.121. The second kappa shape index (κ2) is 7.13. The van der Waals surface area contributed by atoms with Gasteiger partial charge in [0.05, 0.1) is 6.33 Å². The summed E-state index contributed by atoms with van der Waals surface area (Å²) in [5, 5.41) is 6.59. The molecule has 0 aromatic carbocycles.